The van der Waals surface area contributed by atoms with E-state index >= 15 is 0 Å². The molecule has 1 N–H and O–H groups in total. The molecule has 0 bridgehead atoms. The van der Waals surface area contributed by atoms with Gasteiger partial charge in [0.05, 0.1) is 5.69 Å². The lowest BCUT2D eigenvalue weighted by atomic mass is 10.3. The molecule has 0 saturated carbocycles. The van der Waals surface area contributed by atoms with E-state index in [1.165, 1.54) is 24.3 Å². The number of hydrogen-bond donors (Lipinski definition) is 1. The maximum absolute atomic E-state index is 12.8. The first-order chi connectivity index (χ1) is 9.56. The highest BCUT2D eigenvalue weighted by atomic mass is 127. The molecular weight excluding hydrogens is 372 g/mol. The molecule has 0 aliphatic rings. The van der Waals surface area contributed by atoms with Crippen LogP contribution in [0.3, 0.4) is 0 Å². The Balaban J connectivity index is 1.99. The minimum Gasteiger partial charge on any atom is -0.481 e. The third kappa shape index (κ3) is 3.93. The standard InChI is InChI=1S/C15H13FINO2/c1-10(20-12-8-6-11(16)7-9-12)15(19)18-14-5-3-2-4-13(14)17/h2-10H,1H3,(H,18,19). The Hall–Kier alpha value is -1.63. The molecule has 0 saturated heterocycles. The molecule has 0 radical (unpaired) electrons. The van der Waals surface area contributed by atoms with Crippen LogP contribution in [0.2, 0.25) is 0 Å². The quantitative estimate of drug-likeness (QED) is 0.813. The normalized spacial score (nSPS) is 11.8. The third-order valence-corrected chi connectivity index (χ3v) is 3.57. The van der Waals surface area contributed by atoms with Gasteiger partial charge in [0, 0.05) is 3.57 Å². The molecule has 0 heterocycles. The molecule has 1 amide bonds. The smallest absolute Gasteiger partial charge is 0.265 e. The van der Waals surface area contributed by atoms with Crippen molar-refractivity contribution in [2.45, 2.75) is 13.0 Å². The largest absolute Gasteiger partial charge is 0.481 e. The van der Waals surface area contributed by atoms with Crippen molar-refractivity contribution in [2.24, 2.45) is 0 Å². The van der Waals surface area contributed by atoms with Crippen LogP contribution in [0.15, 0.2) is 48.5 Å². The van der Waals surface area contributed by atoms with Crippen molar-refractivity contribution in [2.75, 3.05) is 5.32 Å². The molecule has 1 atom stereocenters. The van der Waals surface area contributed by atoms with Crippen LogP contribution in [-0.2, 0) is 4.79 Å². The van der Waals surface area contributed by atoms with Crippen LogP contribution in [-0.4, -0.2) is 12.0 Å². The fourth-order valence-corrected chi connectivity index (χ4v) is 2.09. The number of ether oxygens (including phenoxy) is 1. The molecule has 1 unspecified atom stereocenters. The van der Waals surface area contributed by atoms with Crippen LogP contribution in [0, 0.1) is 9.39 Å². The first-order valence-electron chi connectivity index (χ1n) is 6.04. The summed E-state index contributed by atoms with van der Waals surface area (Å²) in [5.74, 6) is -0.136. The van der Waals surface area contributed by atoms with E-state index in [1.54, 1.807) is 6.92 Å². The van der Waals surface area contributed by atoms with Gasteiger partial charge in [-0.05, 0) is 65.9 Å². The Bertz CT molecular complexity index is 601. The number of hydrogen-bond acceptors (Lipinski definition) is 2. The maximum atomic E-state index is 12.8. The summed E-state index contributed by atoms with van der Waals surface area (Å²) in [7, 11) is 0. The number of benzene rings is 2. The number of rotatable bonds is 4. The molecule has 0 spiro atoms. The van der Waals surface area contributed by atoms with E-state index in [0.29, 0.717) is 5.75 Å². The molecule has 104 valence electrons. The fraction of sp³-hybridized carbons (Fsp3) is 0.133. The van der Waals surface area contributed by atoms with E-state index in [1.807, 2.05) is 24.3 Å². The molecule has 0 fully saturated rings. The van der Waals surface area contributed by atoms with Gasteiger partial charge in [0.25, 0.3) is 5.91 Å². The third-order valence-electron chi connectivity index (χ3n) is 2.63. The zero-order valence-corrected chi connectivity index (χ0v) is 12.9. The van der Waals surface area contributed by atoms with Gasteiger partial charge in [-0.2, -0.15) is 0 Å². The van der Waals surface area contributed by atoms with Gasteiger partial charge in [0.1, 0.15) is 11.6 Å². The maximum Gasteiger partial charge on any atom is 0.265 e. The van der Waals surface area contributed by atoms with E-state index in [9.17, 15) is 9.18 Å². The molecule has 0 aliphatic heterocycles. The van der Waals surface area contributed by atoms with E-state index in [2.05, 4.69) is 27.9 Å². The average Bonchev–Trinajstić information content (AvgIpc) is 2.44. The van der Waals surface area contributed by atoms with Gasteiger partial charge in [-0.15, -0.1) is 0 Å². The zero-order chi connectivity index (χ0) is 14.5. The summed E-state index contributed by atoms with van der Waals surface area (Å²) in [6.07, 6.45) is -0.670. The number of halogens is 2. The van der Waals surface area contributed by atoms with Crippen molar-refractivity contribution in [3.05, 3.63) is 57.9 Å². The monoisotopic (exact) mass is 385 g/mol. The van der Waals surface area contributed by atoms with Gasteiger partial charge >= 0.3 is 0 Å². The van der Waals surface area contributed by atoms with Gasteiger partial charge in [0.15, 0.2) is 6.10 Å². The van der Waals surface area contributed by atoms with Crippen molar-refractivity contribution < 1.29 is 13.9 Å². The molecule has 0 aromatic heterocycles. The topological polar surface area (TPSA) is 38.3 Å². The Morgan fingerprint density at radius 2 is 1.85 bits per heavy atom. The molecule has 3 nitrogen and oxygen atoms in total. The fourth-order valence-electron chi connectivity index (χ4n) is 1.57. The second kappa shape index (κ2) is 6.69. The summed E-state index contributed by atoms with van der Waals surface area (Å²) in [4.78, 5) is 12.0. The predicted octanol–water partition coefficient (Wildman–Crippen LogP) is 3.84. The second-order valence-corrected chi connectivity index (χ2v) is 5.35. The van der Waals surface area contributed by atoms with Gasteiger partial charge < -0.3 is 10.1 Å². The van der Waals surface area contributed by atoms with E-state index in [4.69, 9.17) is 4.74 Å². The van der Waals surface area contributed by atoms with Crippen molar-refractivity contribution in [1.82, 2.24) is 0 Å². The summed E-state index contributed by atoms with van der Waals surface area (Å²) in [6, 6.07) is 13.0. The van der Waals surface area contributed by atoms with Crippen molar-refractivity contribution >= 4 is 34.2 Å². The van der Waals surface area contributed by atoms with Crippen LogP contribution in [0.4, 0.5) is 10.1 Å². The van der Waals surface area contributed by atoms with Gasteiger partial charge in [-0.3, -0.25) is 4.79 Å². The number of anilines is 1. The van der Waals surface area contributed by atoms with Crippen LogP contribution >= 0.6 is 22.6 Å². The Morgan fingerprint density at radius 1 is 1.20 bits per heavy atom. The number of amides is 1. The first-order valence-corrected chi connectivity index (χ1v) is 7.12. The second-order valence-electron chi connectivity index (χ2n) is 4.18. The highest BCUT2D eigenvalue weighted by molar-refractivity contribution is 14.1. The van der Waals surface area contributed by atoms with E-state index in [0.717, 1.165) is 9.26 Å². The number of para-hydroxylation sites is 1. The number of nitrogens with one attached hydrogen (secondary N) is 1. The number of carbonyl (C=O) groups excluding carboxylic acids is 1. The van der Waals surface area contributed by atoms with Crippen LogP contribution in [0.5, 0.6) is 5.75 Å². The lowest BCUT2D eigenvalue weighted by Crippen LogP contribution is -2.30. The SMILES string of the molecule is CC(Oc1ccc(F)cc1)C(=O)Nc1ccccc1I. The molecule has 0 aliphatic carbocycles. The Labute approximate surface area is 130 Å². The van der Waals surface area contributed by atoms with E-state index < -0.39 is 6.10 Å². The molecule has 20 heavy (non-hydrogen) atoms. The van der Waals surface area contributed by atoms with Crippen LogP contribution in [0.1, 0.15) is 6.92 Å². The minimum absolute atomic E-state index is 0.251. The first kappa shape index (κ1) is 14.8. The highest BCUT2D eigenvalue weighted by Gasteiger charge is 2.15. The van der Waals surface area contributed by atoms with E-state index in [-0.39, 0.29) is 11.7 Å². The van der Waals surface area contributed by atoms with Crippen molar-refractivity contribution in [3.8, 4) is 5.75 Å². The Morgan fingerprint density at radius 3 is 2.50 bits per heavy atom. The highest BCUT2D eigenvalue weighted by Crippen LogP contribution is 2.18. The molecule has 5 heteroatoms. The summed E-state index contributed by atoms with van der Waals surface area (Å²) < 4.78 is 19.2. The van der Waals surface area contributed by atoms with Gasteiger partial charge in [-0.1, -0.05) is 12.1 Å². The molecule has 2 aromatic rings. The lowest BCUT2D eigenvalue weighted by Gasteiger charge is -2.15. The van der Waals surface area contributed by atoms with Crippen LogP contribution in [0.25, 0.3) is 0 Å². The van der Waals surface area contributed by atoms with Crippen molar-refractivity contribution in [3.63, 3.8) is 0 Å². The zero-order valence-electron chi connectivity index (χ0n) is 10.8. The predicted molar refractivity (Wildman–Crippen MR) is 84.3 cm³/mol. The summed E-state index contributed by atoms with van der Waals surface area (Å²) in [5.41, 5.74) is 0.743. The minimum atomic E-state index is -0.670. The van der Waals surface area contributed by atoms with Crippen LogP contribution < -0.4 is 10.1 Å². The molecular formula is C15H13FINO2. The summed E-state index contributed by atoms with van der Waals surface area (Å²) in [5, 5.41) is 2.80. The number of carbonyl (C=O) groups is 1. The molecule has 2 rings (SSSR count). The summed E-state index contributed by atoms with van der Waals surface area (Å²) >= 11 is 2.15. The van der Waals surface area contributed by atoms with Gasteiger partial charge in [-0.25, -0.2) is 4.39 Å². The Kier molecular flexibility index (Phi) is 4.94. The summed E-state index contributed by atoms with van der Waals surface area (Å²) in [6.45, 7) is 1.65. The molecule has 2 aromatic carbocycles. The van der Waals surface area contributed by atoms with Crippen molar-refractivity contribution in [1.29, 1.82) is 0 Å². The lowest BCUT2D eigenvalue weighted by molar-refractivity contribution is -0.122. The van der Waals surface area contributed by atoms with Gasteiger partial charge in [0.2, 0.25) is 0 Å². The average molecular weight is 385 g/mol.